The molecule has 3 heterocycles. The molecule has 0 N–H and O–H groups in total. The van der Waals surface area contributed by atoms with E-state index in [1.165, 1.54) is 23.3 Å². The molecule has 1 aromatic carbocycles. The molecule has 0 unspecified atom stereocenters. The molecule has 2 aromatic heterocycles. The average molecular weight is 375 g/mol. The number of halogens is 2. The molecule has 4 nitrogen and oxygen atoms in total. The fourth-order valence-corrected chi connectivity index (χ4v) is 3.99. The third kappa shape index (κ3) is 3.50. The van der Waals surface area contributed by atoms with Gasteiger partial charge in [-0.1, -0.05) is 23.7 Å². The van der Waals surface area contributed by atoms with E-state index in [4.69, 9.17) is 11.6 Å². The van der Waals surface area contributed by atoms with Crippen LogP contribution in [0.25, 0.3) is 16.9 Å². The van der Waals surface area contributed by atoms with Crippen molar-refractivity contribution in [1.29, 1.82) is 0 Å². The van der Waals surface area contributed by atoms with Gasteiger partial charge in [0.25, 0.3) is 0 Å². The van der Waals surface area contributed by atoms with E-state index in [0.29, 0.717) is 5.82 Å². The number of anilines is 1. The molecule has 0 aliphatic carbocycles. The van der Waals surface area contributed by atoms with Crippen molar-refractivity contribution in [3.05, 3.63) is 59.8 Å². The summed E-state index contributed by atoms with van der Waals surface area (Å²) in [6, 6.07) is 9.71. The van der Waals surface area contributed by atoms with Gasteiger partial charge in [0.15, 0.2) is 5.82 Å². The van der Waals surface area contributed by atoms with Gasteiger partial charge < -0.3 is 4.90 Å². The molecule has 25 heavy (non-hydrogen) atoms. The van der Waals surface area contributed by atoms with Crippen molar-refractivity contribution in [3.63, 3.8) is 0 Å². The lowest BCUT2D eigenvalue weighted by molar-refractivity contribution is 0.619. The molecule has 0 spiro atoms. The van der Waals surface area contributed by atoms with Crippen LogP contribution in [-0.2, 0) is 0 Å². The number of hydrogen-bond acceptors (Lipinski definition) is 4. The summed E-state index contributed by atoms with van der Waals surface area (Å²) >= 11 is 8.06. The zero-order valence-electron chi connectivity index (χ0n) is 13.4. The van der Waals surface area contributed by atoms with Crippen LogP contribution in [0.1, 0.15) is 0 Å². The quantitative estimate of drug-likeness (QED) is 0.685. The summed E-state index contributed by atoms with van der Waals surface area (Å²) in [5.74, 6) is 2.31. The minimum absolute atomic E-state index is 0.230. The largest absolute Gasteiger partial charge is 0.370 e. The number of nitrogens with zero attached hydrogens (tertiary/aromatic N) is 4. The van der Waals surface area contributed by atoms with Crippen LogP contribution in [0, 0.1) is 5.82 Å². The standard InChI is InChI=1S/C18H16ClFN4S/c19-17-9-15(20)11-21-18(17)24-12-14(10-22-24)13-1-3-16(4-2-13)23-5-7-25-8-6-23/h1-4,9-12H,5-8H2. The molecule has 4 rings (SSSR count). The van der Waals surface area contributed by atoms with Crippen molar-refractivity contribution < 1.29 is 4.39 Å². The fourth-order valence-electron chi connectivity index (χ4n) is 2.85. The first-order chi connectivity index (χ1) is 12.2. The molecule has 0 saturated carbocycles. The summed E-state index contributed by atoms with van der Waals surface area (Å²) in [6.07, 6.45) is 4.74. The Labute approximate surface area is 154 Å². The topological polar surface area (TPSA) is 34.0 Å². The molecule has 3 aromatic rings. The second-order valence-electron chi connectivity index (χ2n) is 5.78. The summed E-state index contributed by atoms with van der Waals surface area (Å²) in [5, 5.41) is 4.53. The van der Waals surface area contributed by atoms with Crippen LogP contribution >= 0.6 is 23.4 Å². The van der Waals surface area contributed by atoms with Crippen LogP contribution in [0.5, 0.6) is 0 Å². The summed E-state index contributed by atoms with van der Waals surface area (Å²) in [5.41, 5.74) is 3.28. The van der Waals surface area contributed by atoms with Crippen LogP contribution in [0.15, 0.2) is 48.9 Å². The zero-order chi connectivity index (χ0) is 17.2. The minimum atomic E-state index is -0.465. The van der Waals surface area contributed by atoms with Crippen molar-refractivity contribution in [2.45, 2.75) is 0 Å². The lowest BCUT2D eigenvalue weighted by Gasteiger charge is -2.28. The predicted molar refractivity (Wildman–Crippen MR) is 101 cm³/mol. The maximum atomic E-state index is 13.1. The Morgan fingerprint density at radius 1 is 1.04 bits per heavy atom. The van der Waals surface area contributed by atoms with Gasteiger partial charge in [-0.3, -0.25) is 0 Å². The smallest absolute Gasteiger partial charge is 0.172 e. The van der Waals surface area contributed by atoms with E-state index >= 15 is 0 Å². The van der Waals surface area contributed by atoms with Gasteiger partial charge in [0.2, 0.25) is 0 Å². The van der Waals surface area contributed by atoms with E-state index in [2.05, 4.69) is 39.2 Å². The molecule has 1 fully saturated rings. The van der Waals surface area contributed by atoms with Gasteiger partial charge in [-0.2, -0.15) is 16.9 Å². The Morgan fingerprint density at radius 3 is 2.52 bits per heavy atom. The Hall–Kier alpha value is -2.05. The molecule has 128 valence electrons. The third-order valence-electron chi connectivity index (χ3n) is 4.16. The molecule has 0 atom stereocenters. The monoisotopic (exact) mass is 374 g/mol. The SMILES string of the molecule is Fc1cnc(-n2cc(-c3ccc(N4CCSCC4)cc3)cn2)c(Cl)c1. The van der Waals surface area contributed by atoms with Crippen LogP contribution < -0.4 is 4.90 Å². The van der Waals surface area contributed by atoms with Crippen LogP contribution in [-0.4, -0.2) is 39.4 Å². The maximum absolute atomic E-state index is 13.1. The van der Waals surface area contributed by atoms with E-state index in [1.807, 2.05) is 18.0 Å². The lowest BCUT2D eigenvalue weighted by atomic mass is 10.1. The summed E-state index contributed by atoms with van der Waals surface area (Å²) in [7, 11) is 0. The van der Waals surface area contributed by atoms with E-state index < -0.39 is 5.82 Å². The van der Waals surface area contributed by atoms with Gasteiger partial charge in [-0.05, 0) is 23.8 Å². The summed E-state index contributed by atoms with van der Waals surface area (Å²) in [6.45, 7) is 2.19. The molecule has 0 radical (unpaired) electrons. The van der Waals surface area contributed by atoms with Crippen LogP contribution in [0.3, 0.4) is 0 Å². The predicted octanol–water partition coefficient (Wildman–Crippen LogP) is 4.28. The van der Waals surface area contributed by atoms with E-state index in [-0.39, 0.29) is 5.02 Å². The van der Waals surface area contributed by atoms with Crippen molar-refractivity contribution in [2.24, 2.45) is 0 Å². The second-order valence-corrected chi connectivity index (χ2v) is 7.41. The molecule has 1 aliphatic heterocycles. The molecule has 7 heteroatoms. The van der Waals surface area contributed by atoms with Gasteiger partial charge in [0.05, 0.1) is 17.4 Å². The fraction of sp³-hybridized carbons (Fsp3) is 0.222. The average Bonchev–Trinajstić information content (AvgIpc) is 3.12. The minimum Gasteiger partial charge on any atom is -0.370 e. The van der Waals surface area contributed by atoms with Gasteiger partial charge in [0, 0.05) is 42.0 Å². The van der Waals surface area contributed by atoms with Gasteiger partial charge in [-0.15, -0.1) is 0 Å². The summed E-state index contributed by atoms with van der Waals surface area (Å²) in [4.78, 5) is 6.42. The van der Waals surface area contributed by atoms with Gasteiger partial charge in [-0.25, -0.2) is 14.1 Å². The number of rotatable bonds is 3. The second kappa shape index (κ2) is 7.06. The van der Waals surface area contributed by atoms with Crippen molar-refractivity contribution >= 4 is 29.1 Å². The first-order valence-corrected chi connectivity index (χ1v) is 9.53. The number of thioether (sulfide) groups is 1. The maximum Gasteiger partial charge on any atom is 0.172 e. The molecule has 1 aliphatic rings. The molecule has 0 amide bonds. The highest BCUT2D eigenvalue weighted by Gasteiger charge is 2.12. The number of pyridine rings is 1. The van der Waals surface area contributed by atoms with Crippen molar-refractivity contribution in [1.82, 2.24) is 14.8 Å². The Morgan fingerprint density at radius 2 is 1.80 bits per heavy atom. The first-order valence-electron chi connectivity index (χ1n) is 8.00. The molecule has 1 saturated heterocycles. The highest BCUT2D eigenvalue weighted by atomic mass is 35.5. The van der Waals surface area contributed by atoms with Gasteiger partial charge in [0.1, 0.15) is 5.82 Å². The number of benzene rings is 1. The number of hydrogen-bond donors (Lipinski definition) is 0. The van der Waals surface area contributed by atoms with Crippen LogP contribution in [0.4, 0.5) is 10.1 Å². The van der Waals surface area contributed by atoms with E-state index in [1.54, 1.807) is 10.9 Å². The van der Waals surface area contributed by atoms with Crippen molar-refractivity contribution in [3.8, 4) is 16.9 Å². The van der Waals surface area contributed by atoms with Gasteiger partial charge >= 0.3 is 0 Å². The normalized spacial score (nSPS) is 14.7. The Bertz CT molecular complexity index is 875. The first kappa shape index (κ1) is 16.4. The highest BCUT2D eigenvalue weighted by molar-refractivity contribution is 7.99. The Kier molecular flexibility index (Phi) is 4.63. The summed E-state index contributed by atoms with van der Waals surface area (Å²) < 4.78 is 14.7. The molecule has 0 bridgehead atoms. The Balaban J connectivity index is 1.57. The van der Waals surface area contributed by atoms with E-state index in [0.717, 1.165) is 30.4 Å². The van der Waals surface area contributed by atoms with Crippen molar-refractivity contribution in [2.75, 3.05) is 29.5 Å². The number of aromatic nitrogens is 3. The lowest BCUT2D eigenvalue weighted by Crippen LogP contribution is -2.32. The highest BCUT2D eigenvalue weighted by Crippen LogP contribution is 2.26. The molecular formula is C18H16ClFN4S. The van der Waals surface area contributed by atoms with E-state index in [9.17, 15) is 4.39 Å². The molecular weight excluding hydrogens is 359 g/mol. The third-order valence-corrected chi connectivity index (χ3v) is 5.39. The van der Waals surface area contributed by atoms with Crippen LogP contribution in [0.2, 0.25) is 5.02 Å². The zero-order valence-corrected chi connectivity index (χ0v) is 15.0.